The highest BCUT2D eigenvalue weighted by atomic mass is 32.1. The zero-order chi connectivity index (χ0) is 14.9. The molecule has 4 rings (SSSR count). The lowest BCUT2D eigenvalue weighted by molar-refractivity contribution is 0.196. The lowest BCUT2D eigenvalue weighted by Gasteiger charge is -2.33. The van der Waals surface area contributed by atoms with E-state index < -0.39 is 0 Å². The van der Waals surface area contributed by atoms with Crippen molar-refractivity contribution in [3.63, 3.8) is 0 Å². The Labute approximate surface area is 133 Å². The zero-order valence-corrected chi connectivity index (χ0v) is 13.2. The van der Waals surface area contributed by atoms with Crippen LogP contribution in [0, 0.1) is 6.92 Å². The lowest BCUT2D eigenvalue weighted by Crippen LogP contribution is -2.36. The number of thiazole rings is 1. The van der Waals surface area contributed by atoms with Crippen molar-refractivity contribution in [3.8, 4) is 0 Å². The number of hydrogen-bond donors (Lipinski definition) is 1. The molecule has 3 aromatic rings. The van der Waals surface area contributed by atoms with Gasteiger partial charge in [0.2, 0.25) is 0 Å². The molecule has 1 atom stereocenters. The molecule has 5 nitrogen and oxygen atoms in total. The van der Waals surface area contributed by atoms with Gasteiger partial charge in [0.1, 0.15) is 5.01 Å². The molecule has 1 aliphatic heterocycles. The highest BCUT2D eigenvalue weighted by molar-refractivity contribution is 7.09. The quantitative estimate of drug-likeness (QED) is 0.808. The molecule has 0 saturated carbocycles. The molecule has 0 aliphatic carbocycles. The van der Waals surface area contributed by atoms with E-state index in [1.54, 1.807) is 17.7 Å². The normalized spacial score (nSPS) is 18.3. The van der Waals surface area contributed by atoms with Crippen LogP contribution >= 0.6 is 11.3 Å². The Morgan fingerprint density at radius 3 is 3.09 bits per heavy atom. The predicted octanol–water partition coefficient (Wildman–Crippen LogP) is 2.72. The van der Waals surface area contributed by atoms with Gasteiger partial charge in [-0.15, -0.1) is 11.3 Å². The Morgan fingerprint density at radius 2 is 2.32 bits per heavy atom. The minimum Gasteiger partial charge on any atom is -0.348 e. The predicted molar refractivity (Wildman–Crippen MR) is 85.6 cm³/mol. The lowest BCUT2D eigenvalue weighted by atomic mass is 9.99. The van der Waals surface area contributed by atoms with Gasteiger partial charge in [-0.25, -0.2) is 9.97 Å². The summed E-state index contributed by atoms with van der Waals surface area (Å²) in [5, 5.41) is 3.26. The number of fused-ring (bicyclic) bond motifs is 1. The first kappa shape index (κ1) is 13.6. The molecular weight excluding hydrogens is 294 g/mol. The number of nitrogens with zero attached hydrogens (tertiary/aromatic N) is 4. The molecule has 6 heteroatoms. The first-order valence-corrected chi connectivity index (χ1v) is 8.27. The molecule has 0 radical (unpaired) electrons. The number of hydrogen-bond acceptors (Lipinski definition) is 5. The van der Waals surface area contributed by atoms with Gasteiger partial charge in [0, 0.05) is 35.9 Å². The van der Waals surface area contributed by atoms with Crippen molar-refractivity contribution in [3.05, 3.63) is 63.9 Å². The molecule has 0 fully saturated rings. The second kappa shape index (κ2) is 5.62. The Kier molecular flexibility index (Phi) is 3.48. The van der Waals surface area contributed by atoms with Crippen LogP contribution in [-0.4, -0.2) is 31.4 Å². The van der Waals surface area contributed by atoms with Crippen LogP contribution in [0.1, 0.15) is 33.8 Å². The minimum atomic E-state index is 0.0976. The molecule has 3 aromatic heterocycles. The fourth-order valence-electron chi connectivity index (χ4n) is 3.01. The molecular formula is C16H17N5S. The van der Waals surface area contributed by atoms with E-state index in [-0.39, 0.29) is 6.04 Å². The maximum absolute atomic E-state index is 4.60. The highest BCUT2D eigenvalue weighted by Crippen LogP contribution is 2.33. The second-order valence-corrected chi connectivity index (χ2v) is 6.47. The van der Waals surface area contributed by atoms with Gasteiger partial charge in [0.15, 0.2) is 0 Å². The summed E-state index contributed by atoms with van der Waals surface area (Å²) in [5.74, 6) is 0. The molecule has 0 bridgehead atoms. The summed E-state index contributed by atoms with van der Waals surface area (Å²) in [7, 11) is 0. The fourth-order valence-corrected chi connectivity index (χ4v) is 3.81. The number of nitrogens with one attached hydrogen (secondary N) is 1. The zero-order valence-electron chi connectivity index (χ0n) is 12.4. The summed E-state index contributed by atoms with van der Waals surface area (Å²) in [4.78, 5) is 19.4. The van der Waals surface area contributed by atoms with Gasteiger partial charge in [-0.2, -0.15) is 0 Å². The van der Waals surface area contributed by atoms with Crippen LogP contribution in [0.4, 0.5) is 0 Å². The number of aryl methyl sites for hydroxylation is 1. The molecule has 0 amide bonds. The van der Waals surface area contributed by atoms with Crippen LogP contribution in [0.15, 0.2) is 36.1 Å². The van der Waals surface area contributed by atoms with E-state index >= 15 is 0 Å². The van der Waals surface area contributed by atoms with Crippen LogP contribution in [0.3, 0.4) is 0 Å². The van der Waals surface area contributed by atoms with E-state index in [0.717, 1.165) is 41.6 Å². The average Bonchev–Trinajstić information content (AvgIpc) is 3.17. The molecule has 4 heterocycles. The molecule has 112 valence electrons. The third kappa shape index (κ3) is 2.44. The van der Waals surface area contributed by atoms with Crippen molar-refractivity contribution in [1.29, 1.82) is 0 Å². The number of H-pyrrole nitrogens is 1. The monoisotopic (exact) mass is 311 g/mol. The van der Waals surface area contributed by atoms with Gasteiger partial charge < -0.3 is 4.98 Å². The maximum atomic E-state index is 4.60. The molecule has 1 aliphatic rings. The molecule has 22 heavy (non-hydrogen) atoms. The second-order valence-electron chi connectivity index (χ2n) is 5.53. The van der Waals surface area contributed by atoms with Crippen molar-refractivity contribution < 1.29 is 0 Å². The minimum absolute atomic E-state index is 0.0976. The van der Waals surface area contributed by atoms with Gasteiger partial charge in [-0.1, -0.05) is 6.07 Å². The molecule has 0 saturated heterocycles. The fraction of sp³-hybridized carbons (Fsp3) is 0.312. The Morgan fingerprint density at radius 1 is 1.36 bits per heavy atom. The van der Waals surface area contributed by atoms with Gasteiger partial charge in [-0.05, 0) is 19.1 Å². The van der Waals surface area contributed by atoms with E-state index in [4.69, 9.17) is 0 Å². The number of imidazole rings is 1. The van der Waals surface area contributed by atoms with Crippen LogP contribution < -0.4 is 0 Å². The standard InChI is InChI=1S/C16H17N5S/c1-11-9-22-14(20-11)8-21-7-5-12-15(19-10-18-12)16(21)13-4-2-3-6-17-13/h2-4,6,9-10,16H,5,7-8H2,1H3,(H,18,19). The third-order valence-electron chi connectivity index (χ3n) is 4.00. The summed E-state index contributed by atoms with van der Waals surface area (Å²) >= 11 is 1.72. The van der Waals surface area contributed by atoms with Crippen molar-refractivity contribution in [1.82, 2.24) is 24.8 Å². The number of aromatic nitrogens is 4. The third-order valence-corrected chi connectivity index (χ3v) is 4.95. The molecule has 0 spiro atoms. The highest BCUT2D eigenvalue weighted by Gasteiger charge is 2.32. The first-order valence-electron chi connectivity index (χ1n) is 7.39. The number of pyridine rings is 1. The van der Waals surface area contributed by atoms with Gasteiger partial charge in [-0.3, -0.25) is 9.88 Å². The molecule has 1 N–H and O–H groups in total. The van der Waals surface area contributed by atoms with Gasteiger partial charge >= 0.3 is 0 Å². The summed E-state index contributed by atoms with van der Waals surface area (Å²) in [6.45, 7) is 3.86. The Balaban J connectivity index is 1.71. The van der Waals surface area contributed by atoms with Crippen LogP contribution in [0.25, 0.3) is 0 Å². The van der Waals surface area contributed by atoms with Crippen LogP contribution in [-0.2, 0) is 13.0 Å². The first-order chi connectivity index (χ1) is 10.8. The average molecular weight is 311 g/mol. The summed E-state index contributed by atoms with van der Waals surface area (Å²) in [5.41, 5.74) is 4.45. The smallest absolute Gasteiger partial charge is 0.107 e. The molecule has 0 aromatic carbocycles. The van der Waals surface area contributed by atoms with Crippen molar-refractivity contribution in [2.75, 3.05) is 6.54 Å². The van der Waals surface area contributed by atoms with E-state index in [2.05, 4.69) is 36.3 Å². The topological polar surface area (TPSA) is 57.7 Å². The van der Waals surface area contributed by atoms with E-state index in [1.807, 2.05) is 25.3 Å². The Bertz CT molecular complexity index is 764. The summed E-state index contributed by atoms with van der Waals surface area (Å²) < 4.78 is 0. The van der Waals surface area contributed by atoms with Crippen molar-refractivity contribution in [2.45, 2.75) is 25.9 Å². The molecule has 1 unspecified atom stereocenters. The van der Waals surface area contributed by atoms with Crippen molar-refractivity contribution in [2.24, 2.45) is 0 Å². The van der Waals surface area contributed by atoms with E-state index in [9.17, 15) is 0 Å². The Hall–Kier alpha value is -2.05. The number of aromatic amines is 1. The summed E-state index contributed by atoms with van der Waals surface area (Å²) in [6.07, 6.45) is 4.63. The van der Waals surface area contributed by atoms with Gasteiger partial charge in [0.25, 0.3) is 0 Å². The summed E-state index contributed by atoms with van der Waals surface area (Å²) in [6, 6.07) is 6.16. The van der Waals surface area contributed by atoms with Gasteiger partial charge in [0.05, 0.1) is 30.3 Å². The maximum Gasteiger partial charge on any atom is 0.107 e. The van der Waals surface area contributed by atoms with E-state index in [0.29, 0.717) is 0 Å². The SMILES string of the molecule is Cc1csc(CN2CCc3[nH]cnc3C2c2ccccn2)n1. The largest absolute Gasteiger partial charge is 0.348 e. The van der Waals surface area contributed by atoms with E-state index in [1.165, 1.54) is 5.69 Å². The number of rotatable bonds is 3. The van der Waals surface area contributed by atoms with Crippen LogP contribution in [0.5, 0.6) is 0 Å². The van der Waals surface area contributed by atoms with Crippen molar-refractivity contribution >= 4 is 11.3 Å². The van der Waals surface area contributed by atoms with Crippen LogP contribution in [0.2, 0.25) is 0 Å².